The van der Waals surface area contributed by atoms with Gasteiger partial charge in [-0.15, -0.1) is 11.3 Å². The number of nitrogens with one attached hydrogen (secondary N) is 1. The SMILES string of the molecule is COCCn1cc(C(=O)NCc2ccc(Cl)cc2)c(=O)c2cc(CN3CCOC[C@@H]3C(O)c3ccccc3)sc21. The Labute approximate surface area is 241 Å². The molecular formula is C30H32ClN3O5S. The number of pyridine rings is 1. The normalized spacial score (nSPS) is 16.7. The van der Waals surface area contributed by atoms with Crippen LogP contribution in [0.3, 0.4) is 0 Å². The highest BCUT2D eigenvalue weighted by Gasteiger charge is 2.31. The number of fused-ring (bicyclic) bond motifs is 1. The monoisotopic (exact) mass is 581 g/mol. The van der Waals surface area contributed by atoms with Gasteiger partial charge in [0, 0.05) is 49.4 Å². The lowest BCUT2D eigenvalue weighted by atomic mass is 10.0. The number of aliphatic hydroxyl groups is 1. The molecule has 3 heterocycles. The quantitative estimate of drug-likeness (QED) is 0.291. The van der Waals surface area contributed by atoms with Crippen molar-refractivity contribution in [3.63, 3.8) is 0 Å². The number of aliphatic hydroxyl groups excluding tert-OH is 1. The molecule has 0 saturated carbocycles. The smallest absolute Gasteiger partial charge is 0.257 e. The van der Waals surface area contributed by atoms with E-state index in [9.17, 15) is 14.7 Å². The van der Waals surface area contributed by atoms with Crippen LogP contribution in [-0.2, 0) is 29.1 Å². The third kappa shape index (κ3) is 6.46. The molecule has 5 rings (SSSR count). The molecule has 2 N–H and O–H groups in total. The fourth-order valence-electron chi connectivity index (χ4n) is 4.92. The van der Waals surface area contributed by atoms with Crippen LogP contribution in [0.5, 0.6) is 0 Å². The summed E-state index contributed by atoms with van der Waals surface area (Å²) in [4.78, 5) is 30.6. The fourth-order valence-corrected chi connectivity index (χ4v) is 6.22. The zero-order valence-corrected chi connectivity index (χ0v) is 23.8. The number of methoxy groups -OCH3 is 1. The summed E-state index contributed by atoms with van der Waals surface area (Å²) < 4.78 is 12.9. The number of amides is 1. The van der Waals surface area contributed by atoms with Crippen molar-refractivity contribution >= 4 is 39.1 Å². The summed E-state index contributed by atoms with van der Waals surface area (Å²) >= 11 is 7.48. The number of thiophene rings is 1. The zero-order valence-electron chi connectivity index (χ0n) is 22.2. The Morgan fingerprint density at radius 1 is 1.23 bits per heavy atom. The Morgan fingerprint density at radius 3 is 2.75 bits per heavy atom. The van der Waals surface area contributed by atoms with Gasteiger partial charge >= 0.3 is 0 Å². The van der Waals surface area contributed by atoms with Crippen LogP contribution in [0, 0.1) is 0 Å². The molecule has 2 aromatic carbocycles. The van der Waals surface area contributed by atoms with E-state index < -0.39 is 12.0 Å². The molecule has 4 aromatic rings. The molecule has 2 aromatic heterocycles. The number of nitrogens with zero attached hydrogens (tertiary/aromatic N) is 2. The molecule has 210 valence electrons. The highest BCUT2D eigenvalue weighted by molar-refractivity contribution is 7.18. The molecule has 8 nitrogen and oxygen atoms in total. The van der Waals surface area contributed by atoms with Crippen molar-refractivity contribution in [2.45, 2.75) is 31.8 Å². The number of carbonyl (C=O) groups excluding carboxylic acids is 1. The number of rotatable bonds is 10. The molecule has 1 saturated heterocycles. The lowest BCUT2D eigenvalue weighted by Crippen LogP contribution is -2.48. The van der Waals surface area contributed by atoms with E-state index in [1.165, 1.54) is 11.3 Å². The summed E-state index contributed by atoms with van der Waals surface area (Å²) in [6.07, 6.45) is 0.922. The molecule has 40 heavy (non-hydrogen) atoms. The number of morpholine rings is 1. The molecule has 1 fully saturated rings. The van der Waals surface area contributed by atoms with Gasteiger partial charge < -0.3 is 24.5 Å². The van der Waals surface area contributed by atoms with Gasteiger partial charge in [-0.1, -0.05) is 54.1 Å². The average molecular weight is 582 g/mol. The van der Waals surface area contributed by atoms with Crippen LogP contribution in [0.25, 0.3) is 10.2 Å². The van der Waals surface area contributed by atoms with Crippen molar-refractivity contribution in [2.75, 3.05) is 33.5 Å². The van der Waals surface area contributed by atoms with Gasteiger partial charge in [0.15, 0.2) is 0 Å². The fraction of sp³-hybridized carbons (Fsp3) is 0.333. The lowest BCUT2D eigenvalue weighted by Gasteiger charge is -2.38. The minimum Gasteiger partial charge on any atom is -0.387 e. The summed E-state index contributed by atoms with van der Waals surface area (Å²) in [5.74, 6) is -0.431. The Kier molecular flexibility index (Phi) is 9.31. The van der Waals surface area contributed by atoms with Crippen LogP contribution in [0.2, 0.25) is 5.02 Å². The summed E-state index contributed by atoms with van der Waals surface area (Å²) in [6, 6.07) is 18.4. The lowest BCUT2D eigenvalue weighted by molar-refractivity contribution is -0.0629. The van der Waals surface area contributed by atoms with E-state index in [2.05, 4.69) is 10.2 Å². The molecule has 0 bridgehead atoms. The van der Waals surface area contributed by atoms with Gasteiger partial charge in [-0.2, -0.15) is 0 Å². The molecule has 0 spiro atoms. The third-order valence-electron chi connectivity index (χ3n) is 7.09. The predicted molar refractivity (Wildman–Crippen MR) is 157 cm³/mol. The van der Waals surface area contributed by atoms with E-state index >= 15 is 0 Å². The van der Waals surface area contributed by atoms with Crippen molar-refractivity contribution in [2.24, 2.45) is 0 Å². The van der Waals surface area contributed by atoms with Crippen molar-refractivity contribution in [3.05, 3.63) is 104 Å². The van der Waals surface area contributed by atoms with Crippen LogP contribution in [-0.4, -0.2) is 60.0 Å². The second-order valence-corrected chi connectivity index (χ2v) is 11.3. The van der Waals surface area contributed by atoms with Gasteiger partial charge in [-0.25, -0.2) is 0 Å². The van der Waals surface area contributed by atoms with Crippen LogP contribution in [0.4, 0.5) is 0 Å². The second-order valence-electron chi connectivity index (χ2n) is 9.77. The topological polar surface area (TPSA) is 93.0 Å². The van der Waals surface area contributed by atoms with Crippen LogP contribution in [0.1, 0.15) is 32.5 Å². The van der Waals surface area contributed by atoms with E-state index in [1.54, 1.807) is 25.4 Å². The first-order valence-corrected chi connectivity index (χ1v) is 14.4. The number of aromatic nitrogens is 1. The zero-order chi connectivity index (χ0) is 28.1. The van der Waals surface area contributed by atoms with Gasteiger partial charge in [0.1, 0.15) is 10.4 Å². The maximum absolute atomic E-state index is 13.5. The van der Waals surface area contributed by atoms with Gasteiger partial charge in [0.25, 0.3) is 5.91 Å². The summed E-state index contributed by atoms with van der Waals surface area (Å²) in [5.41, 5.74) is 1.51. The molecule has 2 atom stereocenters. The number of hydrogen-bond donors (Lipinski definition) is 2. The molecule has 0 aliphatic carbocycles. The highest BCUT2D eigenvalue weighted by atomic mass is 35.5. The molecule has 1 aliphatic heterocycles. The summed E-state index contributed by atoms with van der Waals surface area (Å²) in [7, 11) is 1.62. The minimum atomic E-state index is -0.700. The number of benzene rings is 2. The van der Waals surface area contributed by atoms with Gasteiger partial charge in [0.2, 0.25) is 5.43 Å². The molecule has 1 aliphatic rings. The van der Waals surface area contributed by atoms with E-state index in [-0.39, 0.29) is 23.6 Å². The van der Waals surface area contributed by atoms with E-state index in [0.29, 0.717) is 49.9 Å². The first kappa shape index (κ1) is 28.5. The molecule has 1 amide bonds. The van der Waals surface area contributed by atoms with Crippen LogP contribution >= 0.6 is 22.9 Å². The second kappa shape index (κ2) is 13.1. The molecule has 1 unspecified atom stereocenters. The predicted octanol–water partition coefficient (Wildman–Crippen LogP) is 4.23. The number of hydrogen-bond acceptors (Lipinski definition) is 7. The number of ether oxygens (including phenoxy) is 2. The van der Waals surface area contributed by atoms with Gasteiger partial charge in [-0.3, -0.25) is 14.5 Å². The first-order chi connectivity index (χ1) is 19.4. The third-order valence-corrected chi connectivity index (χ3v) is 8.50. The van der Waals surface area contributed by atoms with Gasteiger partial charge in [-0.05, 0) is 29.3 Å². The molecule has 0 radical (unpaired) electrons. The van der Waals surface area contributed by atoms with Crippen molar-refractivity contribution < 1.29 is 19.4 Å². The number of halogens is 1. The largest absolute Gasteiger partial charge is 0.387 e. The minimum absolute atomic E-state index is 0.0886. The molecule has 10 heteroatoms. The van der Waals surface area contributed by atoms with Crippen LogP contribution in [0.15, 0.2) is 71.7 Å². The Hall–Kier alpha value is -3.05. The van der Waals surface area contributed by atoms with Gasteiger partial charge in [0.05, 0.1) is 37.4 Å². The Balaban J connectivity index is 1.41. The first-order valence-electron chi connectivity index (χ1n) is 13.2. The summed E-state index contributed by atoms with van der Waals surface area (Å²) in [5, 5.41) is 15.1. The highest BCUT2D eigenvalue weighted by Crippen LogP contribution is 2.29. The van der Waals surface area contributed by atoms with E-state index in [0.717, 1.165) is 20.8 Å². The van der Waals surface area contributed by atoms with Crippen molar-refractivity contribution in [1.29, 1.82) is 0 Å². The van der Waals surface area contributed by atoms with Crippen molar-refractivity contribution in [1.82, 2.24) is 14.8 Å². The van der Waals surface area contributed by atoms with E-state index in [1.807, 2.05) is 53.1 Å². The standard InChI is InChI=1S/C30H32ClN3O5S/c1-38-13-11-34-18-25(29(37)32-16-20-7-9-22(31)10-8-20)28(36)24-15-23(40-30(24)34)17-33-12-14-39-19-26(33)27(35)21-5-3-2-4-6-21/h2-10,15,18,26-27,35H,11-14,16-17,19H2,1H3,(H,32,37)/t26-,27?/m1/s1. The Morgan fingerprint density at radius 2 is 2.00 bits per heavy atom. The van der Waals surface area contributed by atoms with Crippen molar-refractivity contribution in [3.8, 4) is 0 Å². The van der Waals surface area contributed by atoms with E-state index in [4.69, 9.17) is 21.1 Å². The number of carbonyl (C=O) groups is 1. The maximum atomic E-state index is 13.5. The Bertz CT molecular complexity index is 1510. The average Bonchev–Trinajstić information content (AvgIpc) is 3.41. The molecular weight excluding hydrogens is 550 g/mol. The summed E-state index contributed by atoms with van der Waals surface area (Å²) in [6.45, 7) is 3.42. The van der Waals surface area contributed by atoms with Crippen LogP contribution < -0.4 is 10.7 Å². The maximum Gasteiger partial charge on any atom is 0.257 e.